The molecule has 1 saturated carbocycles. The van der Waals surface area contributed by atoms with Crippen LogP contribution in [0.3, 0.4) is 0 Å². The van der Waals surface area contributed by atoms with Gasteiger partial charge in [0.1, 0.15) is 11.6 Å². The predicted molar refractivity (Wildman–Crippen MR) is 84.8 cm³/mol. The number of nitrogens with zero attached hydrogens (tertiary/aromatic N) is 1. The Balaban J connectivity index is 1.58. The Labute approximate surface area is 135 Å². The summed E-state index contributed by atoms with van der Waals surface area (Å²) in [5.41, 5.74) is 5.64. The van der Waals surface area contributed by atoms with Crippen molar-refractivity contribution in [1.82, 2.24) is 4.90 Å². The SMILES string of the molecule is NC1(C(=O)N2CCC[C@@H](CCc3c(F)cccc3F)C2)CCC1. The number of likely N-dealkylation sites (tertiary alicyclic amines) is 1. The molecule has 1 aromatic rings. The number of hydrogen-bond donors (Lipinski definition) is 1. The van der Waals surface area contributed by atoms with E-state index in [0.717, 1.165) is 38.6 Å². The number of hydrogen-bond acceptors (Lipinski definition) is 2. The Hall–Kier alpha value is -1.49. The third-order valence-electron chi connectivity index (χ3n) is 5.34. The van der Waals surface area contributed by atoms with Crippen LogP contribution in [0.1, 0.15) is 44.1 Å². The summed E-state index contributed by atoms with van der Waals surface area (Å²) in [5, 5.41) is 0. The fourth-order valence-electron chi connectivity index (χ4n) is 3.69. The van der Waals surface area contributed by atoms with Crippen molar-refractivity contribution in [3.8, 4) is 0 Å². The topological polar surface area (TPSA) is 46.3 Å². The van der Waals surface area contributed by atoms with Crippen LogP contribution in [0.2, 0.25) is 0 Å². The van der Waals surface area contributed by atoms with Gasteiger partial charge in [0.15, 0.2) is 0 Å². The number of rotatable bonds is 4. The van der Waals surface area contributed by atoms with Crippen molar-refractivity contribution in [2.75, 3.05) is 13.1 Å². The molecule has 1 aliphatic carbocycles. The minimum Gasteiger partial charge on any atom is -0.341 e. The zero-order valence-electron chi connectivity index (χ0n) is 13.4. The van der Waals surface area contributed by atoms with Crippen LogP contribution in [0, 0.1) is 17.6 Å². The zero-order chi connectivity index (χ0) is 16.4. The van der Waals surface area contributed by atoms with Crippen molar-refractivity contribution < 1.29 is 13.6 Å². The molecular weight excluding hydrogens is 298 g/mol. The first-order valence-electron chi connectivity index (χ1n) is 8.51. The van der Waals surface area contributed by atoms with E-state index in [0.29, 0.717) is 19.4 Å². The molecule has 5 heteroatoms. The molecule has 1 aliphatic heterocycles. The van der Waals surface area contributed by atoms with Crippen LogP contribution in [-0.2, 0) is 11.2 Å². The molecule has 1 saturated heterocycles. The van der Waals surface area contributed by atoms with E-state index in [9.17, 15) is 13.6 Å². The predicted octanol–water partition coefficient (Wildman–Crippen LogP) is 3.02. The maximum absolute atomic E-state index is 13.7. The van der Waals surface area contributed by atoms with Gasteiger partial charge in [-0.1, -0.05) is 6.07 Å². The van der Waals surface area contributed by atoms with Gasteiger partial charge in [-0.05, 0) is 63.0 Å². The van der Waals surface area contributed by atoms with Crippen molar-refractivity contribution in [3.05, 3.63) is 35.4 Å². The second-order valence-corrected chi connectivity index (χ2v) is 7.01. The highest BCUT2D eigenvalue weighted by molar-refractivity contribution is 5.87. The van der Waals surface area contributed by atoms with E-state index in [4.69, 9.17) is 5.73 Å². The highest BCUT2D eigenvalue weighted by atomic mass is 19.1. The molecule has 2 fully saturated rings. The monoisotopic (exact) mass is 322 g/mol. The van der Waals surface area contributed by atoms with E-state index in [-0.39, 0.29) is 17.4 Å². The summed E-state index contributed by atoms with van der Waals surface area (Å²) >= 11 is 0. The van der Waals surface area contributed by atoms with Gasteiger partial charge in [-0.25, -0.2) is 8.78 Å². The molecule has 126 valence electrons. The summed E-state index contributed by atoms with van der Waals surface area (Å²) in [6.07, 6.45) is 5.56. The molecule has 1 aromatic carbocycles. The summed E-state index contributed by atoms with van der Waals surface area (Å²) < 4.78 is 27.4. The van der Waals surface area contributed by atoms with E-state index in [1.807, 2.05) is 4.90 Å². The van der Waals surface area contributed by atoms with Crippen LogP contribution >= 0.6 is 0 Å². The van der Waals surface area contributed by atoms with E-state index in [1.54, 1.807) is 0 Å². The number of carbonyl (C=O) groups excluding carboxylic acids is 1. The summed E-state index contributed by atoms with van der Waals surface area (Å²) in [6, 6.07) is 3.97. The molecule has 1 heterocycles. The minimum atomic E-state index is -0.653. The highest BCUT2D eigenvalue weighted by Gasteiger charge is 2.43. The van der Waals surface area contributed by atoms with Gasteiger partial charge < -0.3 is 10.6 Å². The number of amides is 1. The largest absolute Gasteiger partial charge is 0.341 e. The molecular formula is C18H24F2N2O. The van der Waals surface area contributed by atoms with Gasteiger partial charge in [-0.15, -0.1) is 0 Å². The van der Waals surface area contributed by atoms with E-state index >= 15 is 0 Å². The van der Waals surface area contributed by atoms with Crippen LogP contribution in [0.25, 0.3) is 0 Å². The van der Waals surface area contributed by atoms with Gasteiger partial charge in [-0.3, -0.25) is 4.79 Å². The summed E-state index contributed by atoms with van der Waals surface area (Å²) in [7, 11) is 0. The number of piperidine rings is 1. The van der Waals surface area contributed by atoms with Crippen molar-refractivity contribution in [2.24, 2.45) is 11.7 Å². The van der Waals surface area contributed by atoms with Crippen molar-refractivity contribution >= 4 is 5.91 Å². The number of benzene rings is 1. The van der Waals surface area contributed by atoms with Crippen LogP contribution in [0.5, 0.6) is 0 Å². The van der Waals surface area contributed by atoms with E-state index in [1.165, 1.54) is 18.2 Å². The summed E-state index contributed by atoms with van der Waals surface area (Å²) in [6.45, 7) is 1.41. The van der Waals surface area contributed by atoms with Gasteiger partial charge in [0.25, 0.3) is 0 Å². The zero-order valence-corrected chi connectivity index (χ0v) is 13.4. The standard InChI is InChI=1S/C18H24F2N2O/c19-15-5-1-6-16(20)14(15)8-7-13-4-2-11-22(12-13)17(23)18(21)9-3-10-18/h1,5-6,13H,2-4,7-12,21H2/t13-/m0/s1. The Morgan fingerprint density at radius 2 is 1.96 bits per heavy atom. The van der Waals surface area contributed by atoms with Crippen LogP contribution in [0.4, 0.5) is 8.78 Å². The van der Waals surface area contributed by atoms with Gasteiger partial charge >= 0.3 is 0 Å². The van der Waals surface area contributed by atoms with Gasteiger partial charge in [-0.2, -0.15) is 0 Å². The summed E-state index contributed by atoms with van der Waals surface area (Å²) in [4.78, 5) is 14.4. The lowest BCUT2D eigenvalue weighted by Gasteiger charge is -2.43. The molecule has 1 atom stereocenters. The van der Waals surface area contributed by atoms with Crippen molar-refractivity contribution in [3.63, 3.8) is 0 Å². The van der Waals surface area contributed by atoms with Crippen molar-refractivity contribution in [2.45, 2.75) is 50.5 Å². The average Bonchev–Trinajstić information content (AvgIpc) is 2.52. The number of halogens is 2. The first-order valence-corrected chi connectivity index (χ1v) is 8.51. The van der Waals surface area contributed by atoms with Gasteiger partial charge in [0.2, 0.25) is 5.91 Å². The van der Waals surface area contributed by atoms with Gasteiger partial charge in [0, 0.05) is 18.7 Å². The van der Waals surface area contributed by atoms with E-state index in [2.05, 4.69) is 0 Å². The van der Waals surface area contributed by atoms with E-state index < -0.39 is 17.2 Å². The molecule has 0 aromatic heterocycles. The first kappa shape index (κ1) is 16.4. The van der Waals surface area contributed by atoms with Crippen LogP contribution in [-0.4, -0.2) is 29.4 Å². The lowest BCUT2D eigenvalue weighted by Crippen LogP contribution is -2.60. The Kier molecular flexibility index (Phi) is 4.67. The van der Waals surface area contributed by atoms with Crippen LogP contribution in [0.15, 0.2) is 18.2 Å². The molecule has 3 rings (SSSR count). The normalized spacial score (nSPS) is 23.4. The fourth-order valence-corrected chi connectivity index (χ4v) is 3.69. The maximum Gasteiger partial charge on any atom is 0.242 e. The third-order valence-corrected chi connectivity index (χ3v) is 5.34. The molecule has 0 bridgehead atoms. The number of nitrogens with two attached hydrogens (primary N) is 1. The molecule has 3 nitrogen and oxygen atoms in total. The molecule has 2 aliphatic rings. The fraction of sp³-hybridized carbons (Fsp3) is 0.611. The Morgan fingerprint density at radius 3 is 2.57 bits per heavy atom. The summed E-state index contributed by atoms with van der Waals surface area (Å²) in [5.74, 6) is -0.617. The Bertz CT molecular complexity index is 566. The van der Waals surface area contributed by atoms with Crippen molar-refractivity contribution in [1.29, 1.82) is 0 Å². The average molecular weight is 322 g/mol. The molecule has 0 radical (unpaired) electrons. The minimum absolute atomic E-state index is 0.0607. The second-order valence-electron chi connectivity index (χ2n) is 7.01. The Morgan fingerprint density at radius 1 is 1.26 bits per heavy atom. The molecule has 1 amide bonds. The molecule has 2 N–H and O–H groups in total. The third kappa shape index (κ3) is 3.39. The lowest BCUT2D eigenvalue weighted by atomic mass is 9.76. The smallest absolute Gasteiger partial charge is 0.242 e. The maximum atomic E-state index is 13.7. The first-order chi connectivity index (χ1) is 11.0. The molecule has 0 unspecified atom stereocenters. The highest BCUT2D eigenvalue weighted by Crippen LogP contribution is 2.33. The number of carbonyl (C=O) groups is 1. The van der Waals surface area contributed by atoms with Crippen LogP contribution < -0.4 is 5.73 Å². The molecule has 0 spiro atoms. The van der Waals surface area contributed by atoms with Gasteiger partial charge in [0.05, 0.1) is 5.54 Å². The quantitative estimate of drug-likeness (QED) is 0.926. The lowest BCUT2D eigenvalue weighted by molar-refractivity contribution is -0.142. The second kappa shape index (κ2) is 6.56. The molecule has 23 heavy (non-hydrogen) atoms.